The summed E-state index contributed by atoms with van der Waals surface area (Å²) in [5, 5.41) is 0. The van der Waals surface area contributed by atoms with E-state index in [1.54, 1.807) is 24.3 Å². The molecule has 2 rings (SSSR count). The van der Waals surface area contributed by atoms with E-state index >= 15 is 0 Å². The highest BCUT2D eigenvalue weighted by Gasteiger charge is 2.14. The van der Waals surface area contributed by atoms with Crippen molar-refractivity contribution in [1.82, 2.24) is 0 Å². The van der Waals surface area contributed by atoms with Gasteiger partial charge in [0.05, 0.1) is 7.11 Å². The number of halogens is 2. The predicted octanol–water partition coefficient (Wildman–Crippen LogP) is 4.17. The van der Waals surface area contributed by atoms with E-state index in [9.17, 15) is 9.18 Å². The zero-order valence-electron chi connectivity index (χ0n) is 10.0. The topological polar surface area (TPSA) is 35.5 Å². The van der Waals surface area contributed by atoms with Crippen LogP contribution in [-0.4, -0.2) is 13.1 Å². The Morgan fingerprint density at radius 1 is 1.16 bits per heavy atom. The molecule has 98 valence electrons. The average Bonchev–Trinajstić information content (AvgIpc) is 2.41. The van der Waals surface area contributed by atoms with Crippen LogP contribution in [0.5, 0.6) is 11.5 Å². The molecule has 0 aliphatic heterocycles. The van der Waals surface area contributed by atoms with Crippen molar-refractivity contribution in [1.29, 1.82) is 0 Å². The number of carbonyl (C=O) groups excluding carboxylic acids is 1. The molecule has 0 aliphatic rings. The number of benzene rings is 2. The molecule has 3 nitrogen and oxygen atoms in total. The third-order valence-electron chi connectivity index (χ3n) is 2.39. The van der Waals surface area contributed by atoms with Crippen LogP contribution in [0.3, 0.4) is 0 Å². The van der Waals surface area contributed by atoms with Gasteiger partial charge in [-0.3, -0.25) is 0 Å². The number of hydrogen-bond acceptors (Lipinski definition) is 3. The van der Waals surface area contributed by atoms with E-state index in [0.717, 1.165) is 10.5 Å². The molecule has 2 aromatic carbocycles. The largest absolute Gasteiger partial charge is 0.465 e. The Labute approximate surface area is 118 Å². The summed E-state index contributed by atoms with van der Waals surface area (Å²) in [6, 6.07) is 10.6. The van der Waals surface area contributed by atoms with Crippen LogP contribution in [0.1, 0.15) is 10.4 Å². The molecule has 0 heterocycles. The second kappa shape index (κ2) is 5.84. The summed E-state index contributed by atoms with van der Waals surface area (Å²) in [6.07, 6.45) is 0. The number of methoxy groups -OCH3 is 1. The zero-order chi connectivity index (χ0) is 13.8. The molecular weight excluding hydrogens is 315 g/mol. The highest BCUT2D eigenvalue weighted by Crippen LogP contribution is 2.27. The molecule has 0 unspecified atom stereocenters. The summed E-state index contributed by atoms with van der Waals surface area (Å²) >= 11 is 3.30. The van der Waals surface area contributed by atoms with Gasteiger partial charge < -0.3 is 9.47 Å². The number of hydrogen-bond donors (Lipinski definition) is 0. The molecule has 0 saturated carbocycles. The first-order chi connectivity index (χ1) is 9.10. The average molecular weight is 325 g/mol. The monoisotopic (exact) mass is 324 g/mol. The summed E-state index contributed by atoms with van der Waals surface area (Å²) in [4.78, 5) is 11.6. The van der Waals surface area contributed by atoms with Gasteiger partial charge in [0.2, 0.25) is 0 Å². The third kappa shape index (κ3) is 3.32. The molecule has 2 aromatic rings. The lowest BCUT2D eigenvalue weighted by Crippen LogP contribution is -2.04. The van der Waals surface area contributed by atoms with Crippen LogP contribution < -0.4 is 4.74 Å². The Morgan fingerprint density at radius 3 is 2.47 bits per heavy atom. The molecule has 19 heavy (non-hydrogen) atoms. The fourth-order valence-electron chi connectivity index (χ4n) is 1.49. The summed E-state index contributed by atoms with van der Waals surface area (Å²) < 4.78 is 24.3. The molecule has 0 fully saturated rings. The number of rotatable bonds is 3. The summed E-state index contributed by atoms with van der Waals surface area (Å²) in [7, 11) is 1.26. The zero-order valence-corrected chi connectivity index (χ0v) is 11.6. The SMILES string of the molecule is COC(=O)c1ccc(F)cc1Oc1ccc(Br)cc1. The van der Waals surface area contributed by atoms with Crippen molar-refractivity contribution < 1.29 is 18.7 Å². The second-order valence-corrected chi connectivity index (χ2v) is 4.60. The van der Waals surface area contributed by atoms with Crippen LogP contribution in [0.2, 0.25) is 0 Å². The molecule has 0 bridgehead atoms. The minimum absolute atomic E-state index is 0.120. The summed E-state index contributed by atoms with van der Waals surface area (Å²) in [6.45, 7) is 0. The minimum atomic E-state index is -0.577. The highest BCUT2D eigenvalue weighted by atomic mass is 79.9. The fraction of sp³-hybridized carbons (Fsp3) is 0.0714. The van der Waals surface area contributed by atoms with E-state index in [2.05, 4.69) is 20.7 Å². The maximum Gasteiger partial charge on any atom is 0.341 e. The van der Waals surface area contributed by atoms with Crippen molar-refractivity contribution in [3.8, 4) is 11.5 Å². The van der Waals surface area contributed by atoms with Gasteiger partial charge >= 0.3 is 5.97 Å². The smallest absolute Gasteiger partial charge is 0.341 e. The Morgan fingerprint density at radius 2 is 1.84 bits per heavy atom. The van der Waals surface area contributed by atoms with E-state index in [1.807, 2.05) is 0 Å². The van der Waals surface area contributed by atoms with Crippen molar-refractivity contribution in [2.24, 2.45) is 0 Å². The van der Waals surface area contributed by atoms with Gasteiger partial charge in [-0.25, -0.2) is 9.18 Å². The molecule has 0 N–H and O–H groups in total. The van der Waals surface area contributed by atoms with Crippen molar-refractivity contribution in [2.45, 2.75) is 0 Å². The van der Waals surface area contributed by atoms with E-state index in [0.29, 0.717) is 5.75 Å². The van der Waals surface area contributed by atoms with Gasteiger partial charge in [-0.1, -0.05) is 15.9 Å². The van der Waals surface area contributed by atoms with Gasteiger partial charge in [0.25, 0.3) is 0 Å². The van der Waals surface area contributed by atoms with Gasteiger partial charge in [-0.15, -0.1) is 0 Å². The van der Waals surface area contributed by atoms with Crippen LogP contribution in [0.25, 0.3) is 0 Å². The Balaban J connectivity index is 2.35. The molecular formula is C14H10BrFO3. The van der Waals surface area contributed by atoms with E-state index in [4.69, 9.17) is 4.74 Å². The maximum absolute atomic E-state index is 13.2. The van der Waals surface area contributed by atoms with E-state index in [1.165, 1.54) is 19.2 Å². The lowest BCUT2D eigenvalue weighted by Gasteiger charge is -2.10. The molecule has 5 heteroatoms. The predicted molar refractivity (Wildman–Crippen MR) is 72.0 cm³/mol. The van der Waals surface area contributed by atoms with E-state index in [-0.39, 0.29) is 11.3 Å². The Bertz CT molecular complexity index is 596. The van der Waals surface area contributed by atoms with Crippen LogP contribution in [0, 0.1) is 5.82 Å². The van der Waals surface area contributed by atoms with Gasteiger partial charge in [-0.05, 0) is 36.4 Å². The minimum Gasteiger partial charge on any atom is -0.465 e. The summed E-state index contributed by atoms with van der Waals surface area (Å²) in [5.41, 5.74) is 0.173. The van der Waals surface area contributed by atoms with Crippen LogP contribution in [0.15, 0.2) is 46.9 Å². The quantitative estimate of drug-likeness (QED) is 0.795. The van der Waals surface area contributed by atoms with Crippen molar-refractivity contribution >= 4 is 21.9 Å². The van der Waals surface area contributed by atoms with Crippen LogP contribution >= 0.6 is 15.9 Å². The Hall–Kier alpha value is -1.88. The molecule has 0 atom stereocenters. The van der Waals surface area contributed by atoms with Gasteiger partial charge in [0, 0.05) is 10.5 Å². The lowest BCUT2D eigenvalue weighted by molar-refractivity contribution is 0.0598. The Kier molecular flexibility index (Phi) is 4.16. The van der Waals surface area contributed by atoms with Gasteiger partial charge in [0.1, 0.15) is 22.9 Å². The standard InChI is InChI=1S/C14H10BrFO3/c1-18-14(17)12-7-4-10(16)8-13(12)19-11-5-2-9(15)3-6-11/h2-8H,1H3. The highest BCUT2D eigenvalue weighted by molar-refractivity contribution is 9.10. The third-order valence-corrected chi connectivity index (χ3v) is 2.92. The molecule has 0 amide bonds. The first kappa shape index (κ1) is 13.5. The molecule has 0 spiro atoms. The van der Waals surface area contributed by atoms with Crippen molar-refractivity contribution in [3.05, 3.63) is 58.3 Å². The molecule has 0 radical (unpaired) electrons. The number of esters is 1. The maximum atomic E-state index is 13.2. The first-order valence-corrected chi connectivity index (χ1v) is 6.21. The summed E-state index contributed by atoms with van der Waals surface area (Å²) in [5.74, 6) is -0.444. The molecule has 0 saturated heterocycles. The van der Waals surface area contributed by atoms with Crippen LogP contribution in [0.4, 0.5) is 4.39 Å². The first-order valence-electron chi connectivity index (χ1n) is 5.41. The second-order valence-electron chi connectivity index (χ2n) is 3.69. The van der Waals surface area contributed by atoms with Gasteiger partial charge in [-0.2, -0.15) is 0 Å². The number of ether oxygens (including phenoxy) is 2. The van der Waals surface area contributed by atoms with Crippen molar-refractivity contribution in [2.75, 3.05) is 7.11 Å². The fourth-order valence-corrected chi connectivity index (χ4v) is 1.75. The van der Waals surface area contributed by atoms with Crippen molar-refractivity contribution in [3.63, 3.8) is 0 Å². The lowest BCUT2D eigenvalue weighted by atomic mass is 10.2. The molecule has 0 aromatic heterocycles. The van der Waals surface area contributed by atoms with Gasteiger partial charge in [0.15, 0.2) is 0 Å². The van der Waals surface area contributed by atoms with E-state index < -0.39 is 11.8 Å². The normalized spacial score (nSPS) is 10.1. The molecule has 0 aliphatic carbocycles. The number of carbonyl (C=O) groups is 1. The van der Waals surface area contributed by atoms with Crippen LogP contribution in [-0.2, 0) is 4.74 Å².